The molecule has 2 unspecified atom stereocenters. The Kier molecular flexibility index (Phi) is 3.09. The molecule has 0 amide bonds. The standard InChI is InChI=1S/C14H22O2/c1-4-13(15)16-8-7-10-5-6-11-9-12(10)14(11,2)3/h5,11-12H,4,6-9H2,1-3H3. The number of carbonyl (C=O) groups is 1. The monoisotopic (exact) mass is 222 g/mol. The van der Waals surface area contributed by atoms with E-state index in [4.69, 9.17) is 4.74 Å². The molecule has 2 nitrogen and oxygen atoms in total. The Morgan fingerprint density at radius 2 is 2.31 bits per heavy atom. The Bertz CT molecular complexity index is 315. The summed E-state index contributed by atoms with van der Waals surface area (Å²) in [5.74, 6) is 1.55. The van der Waals surface area contributed by atoms with Crippen LogP contribution in [0.5, 0.6) is 0 Å². The van der Waals surface area contributed by atoms with Gasteiger partial charge in [-0.2, -0.15) is 0 Å². The number of carbonyl (C=O) groups excluding carboxylic acids is 1. The van der Waals surface area contributed by atoms with Crippen LogP contribution in [0.15, 0.2) is 11.6 Å². The van der Waals surface area contributed by atoms with Gasteiger partial charge in [-0.1, -0.05) is 32.4 Å². The van der Waals surface area contributed by atoms with Crippen molar-refractivity contribution in [3.8, 4) is 0 Å². The third-order valence-electron chi connectivity index (χ3n) is 4.53. The highest BCUT2D eigenvalue weighted by Crippen LogP contribution is 2.59. The van der Waals surface area contributed by atoms with E-state index in [0.29, 0.717) is 18.4 Å². The fourth-order valence-corrected chi connectivity index (χ4v) is 3.14. The van der Waals surface area contributed by atoms with Crippen LogP contribution in [0.3, 0.4) is 0 Å². The molecular formula is C14H22O2. The molecule has 0 aliphatic heterocycles. The second kappa shape index (κ2) is 4.23. The van der Waals surface area contributed by atoms with Gasteiger partial charge in [-0.05, 0) is 30.1 Å². The Balaban J connectivity index is 1.83. The molecule has 3 rings (SSSR count). The summed E-state index contributed by atoms with van der Waals surface area (Å²) < 4.78 is 5.15. The number of esters is 1. The van der Waals surface area contributed by atoms with E-state index in [1.54, 1.807) is 0 Å². The van der Waals surface area contributed by atoms with Gasteiger partial charge < -0.3 is 4.74 Å². The number of allylic oxidation sites excluding steroid dienone is 1. The summed E-state index contributed by atoms with van der Waals surface area (Å²) in [5.41, 5.74) is 2.01. The van der Waals surface area contributed by atoms with E-state index in [2.05, 4.69) is 19.9 Å². The van der Waals surface area contributed by atoms with E-state index in [1.807, 2.05) is 6.92 Å². The van der Waals surface area contributed by atoms with Gasteiger partial charge in [0.15, 0.2) is 0 Å². The number of ether oxygens (including phenoxy) is 1. The van der Waals surface area contributed by atoms with Gasteiger partial charge in [-0.3, -0.25) is 4.79 Å². The predicted octanol–water partition coefficient (Wildman–Crippen LogP) is 3.32. The van der Waals surface area contributed by atoms with E-state index in [-0.39, 0.29) is 5.97 Å². The maximum atomic E-state index is 11.0. The highest BCUT2D eigenvalue weighted by atomic mass is 16.5. The fourth-order valence-electron chi connectivity index (χ4n) is 3.14. The highest BCUT2D eigenvalue weighted by Gasteiger charge is 2.50. The van der Waals surface area contributed by atoms with Gasteiger partial charge in [0.25, 0.3) is 0 Å². The van der Waals surface area contributed by atoms with Crippen molar-refractivity contribution in [3.05, 3.63) is 11.6 Å². The lowest BCUT2D eigenvalue weighted by molar-refractivity contribution is -0.143. The van der Waals surface area contributed by atoms with Crippen LogP contribution in [-0.2, 0) is 9.53 Å². The molecule has 0 radical (unpaired) electrons. The van der Waals surface area contributed by atoms with E-state index in [0.717, 1.165) is 18.3 Å². The lowest BCUT2D eigenvalue weighted by atomic mass is 9.48. The molecule has 3 aliphatic rings. The topological polar surface area (TPSA) is 26.3 Å². The first-order valence-corrected chi connectivity index (χ1v) is 6.40. The van der Waals surface area contributed by atoms with Crippen LogP contribution in [-0.4, -0.2) is 12.6 Å². The van der Waals surface area contributed by atoms with Crippen molar-refractivity contribution in [1.82, 2.24) is 0 Å². The zero-order chi connectivity index (χ0) is 11.8. The van der Waals surface area contributed by atoms with Crippen LogP contribution in [0.2, 0.25) is 0 Å². The summed E-state index contributed by atoms with van der Waals surface area (Å²) in [5, 5.41) is 0. The summed E-state index contributed by atoms with van der Waals surface area (Å²) in [4.78, 5) is 11.0. The van der Waals surface area contributed by atoms with Gasteiger partial charge in [0.05, 0.1) is 6.61 Å². The van der Waals surface area contributed by atoms with Crippen molar-refractivity contribution < 1.29 is 9.53 Å². The molecular weight excluding hydrogens is 200 g/mol. The maximum absolute atomic E-state index is 11.0. The molecule has 0 saturated heterocycles. The first-order valence-electron chi connectivity index (χ1n) is 6.40. The molecule has 2 atom stereocenters. The van der Waals surface area contributed by atoms with E-state index >= 15 is 0 Å². The van der Waals surface area contributed by atoms with Crippen molar-refractivity contribution in [3.63, 3.8) is 0 Å². The number of hydrogen-bond acceptors (Lipinski definition) is 2. The molecule has 1 saturated carbocycles. The average Bonchev–Trinajstić information content (AvgIpc) is 2.28. The molecule has 0 N–H and O–H groups in total. The summed E-state index contributed by atoms with van der Waals surface area (Å²) >= 11 is 0. The summed E-state index contributed by atoms with van der Waals surface area (Å²) in [7, 11) is 0. The van der Waals surface area contributed by atoms with Crippen LogP contribution in [0.4, 0.5) is 0 Å². The number of rotatable bonds is 4. The lowest BCUT2D eigenvalue weighted by Gasteiger charge is -2.56. The van der Waals surface area contributed by atoms with Gasteiger partial charge >= 0.3 is 5.97 Å². The van der Waals surface area contributed by atoms with Crippen LogP contribution >= 0.6 is 0 Å². The largest absolute Gasteiger partial charge is 0.465 e. The smallest absolute Gasteiger partial charge is 0.305 e. The first kappa shape index (κ1) is 11.7. The molecule has 0 aromatic carbocycles. The molecule has 90 valence electrons. The average molecular weight is 222 g/mol. The number of hydrogen-bond donors (Lipinski definition) is 0. The van der Waals surface area contributed by atoms with Crippen molar-refractivity contribution in [2.24, 2.45) is 17.3 Å². The van der Waals surface area contributed by atoms with Gasteiger partial charge in [-0.25, -0.2) is 0 Å². The van der Waals surface area contributed by atoms with E-state index in [1.165, 1.54) is 18.4 Å². The van der Waals surface area contributed by atoms with E-state index in [9.17, 15) is 4.79 Å². The maximum Gasteiger partial charge on any atom is 0.305 e. The minimum Gasteiger partial charge on any atom is -0.465 e. The van der Waals surface area contributed by atoms with Crippen molar-refractivity contribution in [2.45, 2.75) is 46.5 Å². The van der Waals surface area contributed by atoms with Crippen molar-refractivity contribution in [1.29, 1.82) is 0 Å². The van der Waals surface area contributed by atoms with Crippen LogP contribution in [0, 0.1) is 17.3 Å². The summed E-state index contributed by atoms with van der Waals surface area (Å²) in [6.07, 6.45) is 6.37. The third kappa shape index (κ3) is 1.90. The third-order valence-corrected chi connectivity index (χ3v) is 4.53. The van der Waals surface area contributed by atoms with Crippen LogP contribution in [0.1, 0.15) is 46.5 Å². The van der Waals surface area contributed by atoms with Crippen LogP contribution < -0.4 is 0 Å². The fraction of sp³-hybridized carbons (Fsp3) is 0.786. The molecule has 3 aliphatic carbocycles. The van der Waals surface area contributed by atoms with Crippen LogP contribution in [0.25, 0.3) is 0 Å². The number of fused-ring (bicyclic) bond motifs is 1. The minimum atomic E-state index is -0.0813. The van der Waals surface area contributed by atoms with Crippen molar-refractivity contribution >= 4 is 5.97 Å². The molecule has 0 aromatic rings. The Hall–Kier alpha value is -0.790. The van der Waals surface area contributed by atoms with Crippen molar-refractivity contribution in [2.75, 3.05) is 6.61 Å². The zero-order valence-electron chi connectivity index (χ0n) is 10.6. The zero-order valence-corrected chi connectivity index (χ0v) is 10.6. The van der Waals surface area contributed by atoms with Gasteiger partial charge in [-0.15, -0.1) is 0 Å². The SMILES string of the molecule is CCC(=O)OCCC1=CCC2CC1C2(C)C. The second-order valence-corrected chi connectivity index (χ2v) is 5.65. The molecule has 0 spiro atoms. The highest BCUT2D eigenvalue weighted by molar-refractivity contribution is 5.68. The minimum absolute atomic E-state index is 0.0813. The normalized spacial score (nSPS) is 30.3. The second-order valence-electron chi connectivity index (χ2n) is 5.65. The summed E-state index contributed by atoms with van der Waals surface area (Å²) in [6, 6.07) is 0. The lowest BCUT2D eigenvalue weighted by Crippen LogP contribution is -2.48. The molecule has 0 heterocycles. The molecule has 0 aromatic heterocycles. The molecule has 2 bridgehead atoms. The molecule has 16 heavy (non-hydrogen) atoms. The Morgan fingerprint density at radius 1 is 1.56 bits per heavy atom. The van der Waals surface area contributed by atoms with Gasteiger partial charge in [0.2, 0.25) is 0 Å². The quantitative estimate of drug-likeness (QED) is 0.539. The Labute approximate surface area is 98.1 Å². The molecule has 2 heteroatoms. The van der Waals surface area contributed by atoms with Gasteiger partial charge in [0, 0.05) is 12.8 Å². The predicted molar refractivity (Wildman–Crippen MR) is 63.9 cm³/mol. The first-order chi connectivity index (χ1) is 7.55. The molecule has 1 fully saturated rings. The van der Waals surface area contributed by atoms with E-state index < -0.39 is 0 Å². The Morgan fingerprint density at radius 3 is 2.88 bits per heavy atom. The van der Waals surface area contributed by atoms with Gasteiger partial charge in [0.1, 0.15) is 0 Å². The summed E-state index contributed by atoms with van der Waals surface area (Å²) in [6.45, 7) is 7.14.